The highest BCUT2D eigenvalue weighted by Crippen LogP contribution is 2.12. The highest BCUT2D eigenvalue weighted by atomic mass is 32.2. The van der Waals surface area contributed by atoms with Crippen LogP contribution in [0.2, 0.25) is 0 Å². The van der Waals surface area contributed by atoms with Gasteiger partial charge < -0.3 is 0 Å². The van der Waals surface area contributed by atoms with Gasteiger partial charge in [0.1, 0.15) is 0 Å². The predicted octanol–water partition coefficient (Wildman–Crippen LogP) is 1.80. The zero-order valence-corrected chi connectivity index (χ0v) is 8.41. The van der Waals surface area contributed by atoms with Gasteiger partial charge >= 0.3 is 0 Å². The molecule has 72 valence electrons. The molecule has 0 atom stereocenters. The summed E-state index contributed by atoms with van der Waals surface area (Å²) in [6.45, 7) is 3.36. The highest BCUT2D eigenvalue weighted by Gasteiger charge is 2.15. The second-order valence-corrected chi connectivity index (χ2v) is 4.48. The average molecular weight is 200 g/mol. The number of hydrogen-bond acceptors (Lipinski definition) is 3. The Hall–Kier alpha value is -0.870. The van der Waals surface area contributed by atoms with E-state index >= 15 is 0 Å². The van der Waals surface area contributed by atoms with Crippen LogP contribution in [-0.2, 0) is 14.3 Å². The summed E-state index contributed by atoms with van der Waals surface area (Å²) >= 11 is 0. The first kappa shape index (κ1) is 10.2. The van der Waals surface area contributed by atoms with Crippen molar-refractivity contribution in [3.63, 3.8) is 0 Å². The van der Waals surface area contributed by atoms with E-state index in [1.807, 2.05) is 0 Å². The maximum atomic E-state index is 11.4. The molecule has 1 aromatic rings. The van der Waals surface area contributed by atoms with E-state index in [1.54, 1.807) is 32.0 Å². The maximum absolute atomic E-state index is 11.4. The van der Waals surface area contributed by atoms with Crippen molar-refractivity contribution in [2.75, 3.05) is 0 Å². The fourth-order valence-electron chi connectivity index (χ4n) is 0.896. The molecule has 3 nitrogen and oxygen atoms in total. The zero-order chi connectivity index (χ0) is 9.90. The van der Waals surface area contributed by atoms with Gasteiger partial charge in [0.2, 0.25) is 0 Å². The predicted molar refractivity (Wildman–Crippen MR) is 49.8 cm³/mol. The topological polar surface area (TPSA) is 43.4 Å². The van der Waals surface area contributed by atoms with Crippen LogP contribution in [0.3, 0.4) is 0 Å². The first-order valence-electron chi connectivity index (χ1n) is 4.01. The van der Waals surface area contributed by atoms with Crippen LogP contribution >= 0.6 is 0 Å². The lowest BCUT2D eigenvalue weighted by atomic mass is 10.4. The third-order valence-electron chi connectivity index (χ3n) is 1.35. The van der Waals surface area contributed by atoms with Gasteiger partial charge in [-0.25, -0.2) is 0 Å². The Kier molecular flexibility index (Phi) is 3.06. The Bertz CT molecular complexity index is 354. The second-order valence-electron chi connectivity index (χ2n) is 2.91. The second kappa shape index (κ2) is 3.89. The molecule has 13 heavy (non-hydrogen) atoms. The largest absolute Gasteiger partial charge is 0.297 e. The summed E-state index contributed by atoms with van der Waals surface area (Å²) in [6.07, 6.45) is -0.329. The monoisotopic (exact) mass is 200 g/mol. The Labute approximate surface area is 78.5 Å². The van der Waals surface area contributed by atoms with Crippen molar-refractivity contribution < 1.29 is 12.6 Å². The van der Waals surface area contributed by atoms with E-state index < -0.39 is 10.1 Å². The minimum atomic E-state index is -3.56. The van der Waals surface area contributed by atoms with Crippen molar-refractivity contribution in [2.45, 2.75) is 24.8 Å². The first-order valence-corrected chi connectivity index (χ1v) is 5.41. The summed E-state index contributed by atoms with van der Waals surface area (Å²) < 4.78 is 27.6. The van der Waals surface area contributed by atoms with Crippen molar-refractivity contribution in [1.29, 1.82) is 0 Å². The molecule has 0 radical (unpaired) electrons. The summed E-state index contributed by atoms with van der Waals surface area (Å²) in [4.78, 5) is 0.198. The Morgan fingerprint density at radius 3 is 2.15 bits per heavy atom. The summed E-state index contributed by atoms with van der Waals surface area (Å²) in [7, 11) is -3.56. The molecule has 0 fully saturated rings. The Morgan fingerprint density at radius 1 is 1.15 bits per heavy atom. The lowest BCUT2D eigenvalue weighted by Crippen LogP contribution is -2.12. The fraction of sp³-hybridized carbons (Fsp3) is 0.333. The van der Waals surface area contributed by atoms with Crippen LogP contribution in [0, 0.1) is 0 Å². The maximum Gasteiger partial charge on any atom is 0.297 e. The van der Waals surface area contributed by atoms with Crippen molar-refractivity contribution >= 4 is 10.1 Å². The van der Waals surface area contributed by atoms with Gasteiger partial charge in [0.05, 0.1) is 11.0 Å². The fourth-order valence-corrected chi connectivity index (χ4v) is 2.00. The van der Waals surface area contributed by atoms with E-state index in [1.165, 1.54) is 12.1 Å². The van der Waals surface area contributed by atoms with Gasteiger partial charge in [-0.15, -0.1) is 0 Å². The van der Waals surface area contributed by atoms with Crippen LogP contribution in [0.5, 0.6) is 0 Å². The van der Waals surface area contributed by atoms with Crippen molar-refractivity contribution in [1.82, 2.24) is 0 Å². The van der Waals surface area contributed by atoms with Gasteiger partial charge in [-0.05, 0) is 26.0 Å². The molecule has 1 aromatic carbocycles. The van der Waals surface area contributed by atoms with Gasteiger partial charge in [0.15, 0.2) is 0 Å². The lowest BCUT2D eigenvalue weighted by molar-refractivity contribution is 0.249. The van der Waals surface area contributed by atoms with Gasteiger partial charge in [-0.1, -0.05) is 18.2 Å². The molecule has 0 aliphatic heterocycles. The SMILES string of the molecule is CC(C)OS(=O)(=O)c1ccccc1. The number of rotatable bonds is 3. The number of hydrogen-bond donors (Lipinski definition) is 0. The summed E-state index contributed by atoms with van der Waals surface area (Å²) in [6, 6.07) is 8.11. The Morgan fingerprint density at radius 2 is 1.69 bits per heavy atom. The minimum absolute atomic E-state index is 0.198. The smallest absolute Gasteiger partial charge is 0.264 e. The van der Waals surface area contributed by atoms with E-state index in [4.69, 9.17) is 4.18 Å². The van der Waals surface area contributed by atoms with Gasteiger partial charge in [-0.3, -0.25) is 4.18 Å². The van der Waals surface area contributed by atoms with Crippen molar-refractivity contribution in [3.05, 3.63) is 30.3 Å². The quantitative estimate of drug-likeness (QED) is 0.699. The van der Waals surface area contributed by atoms with Crippen molar-refractivity contribution in [2.24, 2.45) is 0 Å². The Balaban J connectivity index is 2.96. The molecular weight excluding hydrogens is 188 g/mol. The van der Waals surface area contributed by atoms with Crippen LogP contribution in [0.1, 0.15) is 13.8 Å². The van der Waals surface area contributed by atoms with E-state index in [2.05, 4.69) is 0 Å². The molecule has 0 aliphatic carbocycles. The summed E-state index contributed by atoms with van der Waals surface area (Å²) in [5.41, 5.74) is 0. The van der Waals surface area contributed by atoms with Gasteiger partial charge in [-0.2, -0.15) is 8.42 Å². The molecule has 4 heteroatoms. The normalized spacial score (nSPS) is 11.9. The molecule has 0 saturated heterocycles. The van der Waals surface area contributed by atoms with E-state index in [-0.39, 0.29) is 11.0 Å². The van der Waals surface area contributed by atoms with Crippen LogP contribution in [0.4, 0.5) is 0 Å². The van der Waals surface area contributed by atoms with Crippen LogP contribution in [0.15, 0.2) is 35.2 Å². The molecule has 0 amide bonds. The van der Waals surface area contributed by atoms with Crippen LogP contribution < -0.4 is 0 Å². The molecule has 0 unspecified atom stereocenters. The summed E-state index contributed by atoms with van der Waals surface area (Å²) in [5.74, 6) is 0. The van der Waals surface area contributed by atoms with Gasteiger partial charge in [0, 0.05) is 0 Å². The molecule has 0 aliphatic rings. The molecule has 0 bridgehead atoms. The van der Waals surface area contributed by atoms with E-state index in [0.717, 1.165) is 0 Å². The number of benzene rings is 1. The van der Waals surface area contributed by atoms with Crippen molar-refractivity contribution in [3.8, 4) is 0 Å². The molecule has 1 rings (SSSR count). The molecule has 0 aromatic heterocycles. The molecule has 0 heterocycles. The average Bonchev–Trinajstić information content (AvgIpc) is 2.04. The first-order chi connectivity index (χ1) is 6.02. The van der Waals surface area contributed by atoms with E-state index in [0.29, 0.717) is 0 Å². The third-order valence-corrected chi connectivity index (χ3v) is 2.84. The molecule has 0 spiro atoms. The highest BCUT2D eigenvalue weighted by molar-refractivity contribution is 7.86. The lowest BCUT2D eigenvalue weighted by Gasteiger charge is -2.07. The third kappa shape index (κ3) is 2.82. The standard InChI is InChI=1S/C9H12O3S/c1-8(2)12-13(10,11)9-6-4-3-5-7-9/h3-8H,1-2H3. The molecule has 0 saturated carbocycles. The zero-order valence-electron chi connectivity index (χ0n) is 7.60. The molecular formula is C9H12O3S. The van der Waals surface area contributed by atoms with Gasteiger partial charge in [0.25, 0.3) is 10.1 Å². The van der Waals surface area contributed by atoms with Crippen LogP contribution in [-0.4, -0.2) is 14.5 Å². The van der Waals surface area contributed by atoms with E-state index in [9.17, 15) is 8.42 Å². The molecule has 0 N–H and O–H groups in total. The minimum Gasteiger partial charge on any atom is -0.264 e. The van der Waals surface area contributed by atoms with Crippen LogP contribution in [0.25, 0.3) is 0 Å². The summed E-state index contributed by atoms with van der Waals surface area (Å²) in [5, 5.41) is 0.